The number of pyridine rings is 1. The van der Waals surface area contributed by atoms with Crippen LogP contribution in [0.3, 0.4) is 0 Å². The van der Waals surface area contributed by atoms with Gasteiger partial charge in [-0.2, -0.15) is 0 Å². The number of alkyl halides is 2. The maximum absolute atomic E-state index is 12.4. The highest BCUT2D eigenvalue weighted by Crippen LogP contribution is 2.29. The van der Waals surface area contributed by atoms with Crippen LogP contribution in [0.5, 0.6) is 0 Å². The Balaban J connectivity index is 3.51. The average Bonchev–Trinajstić information content (AvgIpc) is 2.16. The van der Waals surface area contributed by atoms with Crippen molar-refractivity contribution in [1.29, 1.82) is 0 Å². The lowest BCUT2D eigenvalue weighted by atomic mass is 10.2. The summed E-state index contributed by atoms with van der Waals surface area (Å²) in [4.78, 5) is 23.2. The van der Waals surface area contributed by atoms with Gasteiger partial charge in [-0.05, 0) is 21.5 Å². The van der Waals surface area contributed by atoms with Crippen LogP contribution in [0.25, 0.3) is 0 Å². The Bertz CT molecular complexity index is 466. The molecular weight excluding hydrogens is 248 g/mol. The van der Waals surface area contributed by atoms with E-state index >= 15 is 0 Å². The zero-order valence-electron chi connectivity index (χ0n) is 7.49. The first-order chi connectivity index (χ1) is 7.34. The number of anilines is 1. The number of nitrogen functional groups attached to an aromatic ring is 1. The highest BCUT2D eigenvalue weighted by molar-refractivity contribution is 6.68. The summed E-state index contributed by atoms with van der Waals surface area (Å²) < 4.78 is 24.8. The number of nitrogens with two attached hydrogens (primary N) is 1. The largest absolute Gasteiger partial charge is 0.395 e. The number of carbonyl (C=O) groups excluding carboxylic acids is 1. The molecular formula is C7H4ClF2N3O3. The van der Waals surface area contributed by atoms with Gasteiger partial charge in [0.25, 0.3) is 5.24 Å². The summed E-state index contributed by atoms with van der Waals surface area (Å²) in [6.07, 6.45) is -3.13. The predicted molar refractivity (Wildman–Crippen MR) is 50.4 cm³/mol. The van der Waals surface area contributed by atoms with Crippen molar-refractivity contribution >= 4 is 28.3 Å². The second-order valence-electron chi connectivity index (χ2n) is 2.66. The van der Waals surface area contributed by atoms with Crippen LogP contribution in [0.4, 0.5) is 20.3 Å². The maximum Gasteiger partial charge on any atom is 0.364 e. The molecule has 16 heavy (non-hydrogen) atoms. The van der Waals surface area contributed by atoms with Crippen molar-refractivity contribution in [1.82, 2.24) is 4.98 Å². The molecule has 86 valence electrons. The smallest absolute Gasteiger partial charge is 0.364 e. The molecule has 0 aliphatic heterocycles. The number of halogens is 3. The summed E-state index contributed by atoms with van der Waals surface area (Å²) in [5.74, 6) is -0.909. The van der Waals surface area contributed by atoms with Gasteiger partial charge in [-0.3, -0.25) is 4.79 Å². The van der Waals surface area contributed by atoms with E-state index in [1.165, 1.54) is 0 Å². The summed E-state index contributed by atoms with van der Waals surface area (Å²) in [7, 11) is 0. The Labute approximate surface area is 92.2 Å². The summed E-state index contributed by atoms with van der Waals surface area (Å²) in [5.41, 5.74) is 2.95. The van der Waals surface area contributed by atoms with Crippen LogP contribution in [-0.2, 0) is 0 Å². The molecule has 2 N–H and O–H groups in total. The maximum atomic E-state index is 12.4. The van der Waals surface area contributed by atoms with Crippen LogP contribution in [-0.4, -0.2) is 15.1 Å². The molecule has 0 radical (unpaired) electrons. The molecule has 1 rings (SSSR count). The predicted octanol–water partition coefficient (Wildman–Crippen LogP) is 1.89. The molecule has 9 heteroatoms. The first kappa shape index (κ1) is 12.2. The number of hydrogen-bond acceptors (Lipinski definition) is 5. The number of aromatic nitrogens is 1. The fourth-order valence-corrected chi connectivity index (χ4v) is 1.14. The minimum absolute atomic E-state index is 0.557. The van der Waals surface area contributed by atoms with E-state index in [9.17, 15) is 23.7 Å². The minimum Gasteiger partial charge on any atom is -0.395 e. The number of nitro groups is 1. The van der Waals surface area contributed by atoms with Crippen molar-refractivity contribution in [2.45, 2.75) is 6.43 Å². The molecule has 1 aromatic rings. The van der Waals surface area contributed by atoms with E-state index in [0.717, 1.165) is 0 Å². The Kier molecular flexibility index (Phi) is 3.33. The average molecular weight is 252 g/mol. The van der Waals surface area contributed by atoms with Crippen LogP contribution in [0, 0.1) is 10.1 Å². The zero-order chi connectivity index (χ0) is 12.5. The topological polar surface area (TPSA) is 99.1 Å². The van der Waals surface area contributed by atoms with Crippen LogP contribution in [0.1, 0.15) is 22.5 Å². The molecule has 0 bridgehead atoms. The van der Waals surface area contributed by atoms with Crippen molar-refractivity contribution in [3.63, 3.8) is 0 Å². The third-order valence-electron chi connectivity index (χ3n) is 1.68. The lowest BCUT2D eigenvalue weighted by Gasteiger charge is -2.03. The highest BCUT2D eigenvalue weighted by Gasteiger charge is 2.27. The van der Waals surface area contributed by atoms with Crippen molar-refractivity contribution in [2.75, 3.05) is 5.73 Å². The van der Waals surface area contributed by atoms with Gasteiger partial charge in [0, 0.05) is 0 Å². The molecule has 0 aliphatic rings. The molecule has 6 nitrogen and oxygen atoms in total. The summed E-state index contributed by atoms with van der Waals surface area (Å²) in [6, 6.07) is 0.649. The van der Waals surface area contributed by atoms with Crippen molar-refractivity contribution < 1.29 is 18.5 Å². The number of rotatable bonds is 3. The van der Waals surface area contributed by atoms with Crippen molar-refractivity contribution in [3.8, 4) is 0 Å². The lowest BCUT2D eigenvalue weighted by molar-refractivity contribution is -0.389. The zero-order valence-corrected chi connectivity index (χ0v) is 8.24. The van der Waals surface area contributed by atoms with E-state index in [4.69, 9.17) is 17.3 Å². The molecule has 0 atom stereocenters. The molecule has 1 aromatic heterocycles. The quantitative estimate of drug-likeness (QED) is 0.502. The van der Waals surface area contributed by atoms with Crippen LogP contribution < -0.4 is 5.73 Å². The van der Waals surface area contributed by atoms with Gasteiger partial charge in [0.1, 0.15) is 0 Å². The number of carbonyl (C=O) groups is 1. The van der Waals surface area contributed by atoms with E-state index in [0.29, 0.717) is 6.07 Å². The molecule has 0 unspecified atom stereocenters. The number of nitrogens with zero attached hydrogens (tertiary/aromatic N) is 2. The van der Waals surface area contributed by atoms with E-state index in [1.54, 1.807) is 0 Å². The molecule has 0 spiro atoms. The minimum atomic E-state index is -3.13. The lowest BCUT2D eigenvalue weighted by Crippen LogP contribution is -2.08. The second kappa shape index (κ2) is 4.35. The summed E-state index contributed by atoms with van der Waals surface area (Å²) in [6.45, 7) is 0. The van der Waals surface area contributed by atoms with Gasteiger partial charge in [0.2, 0.25) is 5.69 Å². The van der Waals surface area contributed by atoms with E-state index in [1.807, 2.05) is 0 Å². The van der Waals surface area contributed by atoms with Gasteiger partial charge >= 0.3 is 12.2 Å². The van der Waals surface area contributed by atoms with Gasteiger partial charge in [-0.15, -0.1) is 0 Å². The standard InChI is InChI=1S/C7H4ClF2N3O3/c8-6(14)2-1-3(13(15)16)12-5(4(2)11)7(9)10/h1,7H,11H2. The normalized spacial score (nSPS) is 10.5. The van der Waals surface area contributed by atoms with Gasteiger partial charge in [0.05, 0.1) is 17.3 Å². The third kappa shape index (κ3) is 2.22. The Morgan fingerprint density at radius 3 is 2.56 bits per heavy atom. The van der Waals surface area contributed by atoms with E-state index < -0.39 is 39.4 Å². The Hall–Kier alpha value is -1.83. The highest BCUT2D eigenvalue weighted by atomic mass is 35.5. The van der Waals surface area contributed by atoms with E-state index in [-0.39, 0.29) is 0 Å². The number of hydrogen-bond donors (Lipinski definition) is 1. The van der Waals surface area contributed by atoms with Gasteiger partial charge in [-0.25, -0.2) is 8.78 Å². The second-order valence-corrected chi connectivity index (χ2v) is 3.00. The third-order valence-corrected chi connectivity index (χ3v) is 1.88. The molecule has 0 amide bonds. The first-order valence-corrected chi connectivity index (χ1v) is 4.15. The molecule has 0 aliphatic carbocycles. The molecule has 0 saturated heterocycles. The van der Waals surface area contributed by atoms with Gasteiger partial charge in [-0.1, -0.05) is 0 Å². The van der Waals surface area contributed by atoms with Crippen molar-refractivity contribution in [2.24, 2.45) is 0 Å². The fourth-order valence-electron chi connectivity index (χ4n) is 0.983. The molecule has 0 fully saturated rings. The van der Waals surface area contributed by atoms with Crippen LogP contribution in [0.2, 0.25) is 0 Å². The Morgan fingerprint density at radius 2 is 2.19 bits per heavy atom. The van der Waals surface area contributed by atoms with E-state index in [2.05, 4.69) is 4.98 Å². The summed E-state index contributed by atoms with van der Waals surface area (Å²) >= 11 is 5.05. The monoisotopic (exact) mass is 251 g/mol. The molecule has 0 aromatic carbocycles. The first-order valence-electron chi connectivity index (χ1n) is 3.77. The van der Waals surface area contributed by atoms with Crippen molar-refractivity contribution in [3.05, 3.63) is 27.4 Å². The van der Waals surface area contributed by atoms with Crippen LogP contribution >= 0.6 is 11.6 Å². The molecule has 0 saturated carbocycles. The fraction of sp³-hybridized carbons (Fsp3) is 0.143. The van der Waals surface area contributed by atoms with Crippen LogP contribution in [0.15, 0.2) is 6.07 Å². The van der Waals surface area contributed by atoms with Gasteiger partial charge in [0.15, 0.2) is 0 Å². The Morgan fingerprint density at radius 1 is 1.62 bits per heavy atom. The summed E-state index contributed by atoms with van der Waals surface area (Å²) in [5, 5.41) is 9.20. The molecule has 1 heterocycles. The SMILES string of the molecule is Nc1c(C(=O)Cl)cc([N+](=O)[O-])nc1C(F)F. The van der Waals surface area contributed by atoms with Gasteiger partial charge < -0.3 is 15.8 Å².